The summed E-state index contributed by atoms with van der Waals surface area (Å²) < 4.78 is 45.2. The Morgan fingerprint density at radius 1 is 1.15 bits per heavy atom. The molecule has 1 saturated heterocycles. The van der Waals surface area contributed by atoms with E-state index in [0.717, 1.165) is 29.7 Å². The summed E-state index contributed by atoms with van der Waals surface area (Å²) >= 11 is 0. The maximum atomic E-state index is 13.3. The summed E-state index contributed by atoms with van der Waals surface area (Å²) in [7, 11) is 1.52. The molecule has 1 aliphatic rings. The first-order valence-corrected chi connectivity index (χ1v) is 11.0. The molecule has 1 aromatic carbocycles. The molecule has 10 heteroatoms. The fraction of sp³-hybridized carbons (Fsp3) is 0.375. The van der Waals surface area contributed by atoms with Crippen molar-refractivity contribution in [3.8, 4) is 5.88 Å². The van der Waals surface area contributed by atoms with E-state index in [1.165, 1.54) is 13.2 Å². The van der Waals surface area contributed by atoms with Gasteiger partial charge in [-0.25, -0.2) is 14.8 Å². The molecule has 2 amide bonds. The lowest BCUT2D eigenvalue weighted by Crippen LogP contribution is -2.35. The van der Waals surface area contributed by atoms with Crippen LogP contribution < -0.4 is 20.3 Å². The van der Waals surface area contributed by atoms with Crippen molar-refractivity contribution in [2.24, 2.45) is 5.92 Å². The zero-order valence-corrected chi connectivity index (χ0v) is 18.9. The van der Waals surface area contributed by atoms with Crippen LogP contribution in [0, 0.1) is 5.92 Å². The number of carbonyl (C=O) groups excluding carboxylic acids is 1. The summed E-state index contributed by atoms with van der Waals surface area (Å²) in [4.78, 5) is 22.6. The highest BCUT2D eigenvalue weighted by Crippen LogP contribution is 2.32. The molecule has 0 atom stereocenters. The first kappa shape index (κ1) is 23.6. The number of methoxy groups -OCH3 is 1. The number of nitrogens with zero attached hydrogens (tertiary/aromatic N) is 3. The van der Waals surface area contributed by atoms with E-state index in [2.05, 4.69) is 27.5 Å². The molecule has 0 spiro atoms. The Morgan fingerprint density at radius 3 is 2.62 bits per heavy atom. The summed E-state index contributed by atoms with van der Waals surface area (Å²) in [6.45, 7) is 3.41. The van der Waals surface area contributed by atoms with Crippen LogP contribution in [0.3, 0.4) is 0 Å². The van der Waals surface area contributed by atoms with Crippen molar-refractivity contribution >= 4 is 28.3 Å². The molecule has 180 valence electrons. The number of alkyl halides is 3. The minimum atomic E-state index is -4.54. The number of nitrogens with one attached hydrogen (secondary N) is 2. The van der Waals surface area contributed by atoms with Crippen LogP contribution in [0.15, 0.2) is 42.6 Å². The maximum Gasteiger partial charge on any atom is 0.433 e. The normalized spacial score (nSPS) is 14.8. The number of urea groups is 1. The number of carbonyl (C=O) groups is 1. The summed E-state index contributed by atoms with van der Waals surface area (Å²) in [6.07, 6.45) is -1.19. The molecular weight excluding hydrogens is 447 g/mol. The Morgan fingerprint density at radius 2 is 1.91 bits per heavy atom. The van der Waals surface area contributed by atoms with E-state index in [4.69, 9.17) is 4.74 Å². The van der Waals surface area contributed by atoms with Gasteiger partial charge in [-0.15, -0.1) is 0 Å². The quantitative estimate of drug-likeness (QED) is 0.532. The van der Waals surface area contributed by atoms with E-state index in [9.17, 15) is 18.0 Å². The van der Waals surface area contributed by atoms with Gasteiger partial charge in [-0.1, -0.05) is 19.1 Å². The van der Waals surface area contributed by atoms with Gasteiger partial charge in [-0.2, -0.15) is 13.2 Å². The summed E-state index contributed by atoms with van der Waals surface area (Å²) in [5.74, 6) is 1.23. The fourth-order valence-corrected chi connectivity index (χ4v) is 4.06. The largest absolute Gasteiger partial charge is 0.481 e. The summed E-state index contributed by atoms with van der Waals surface area (Å²) in [5, 5.41) is 7.04. The molecule has 2 aromatic heterocycles. The third-order valence-corrected chi connectivity index (χ3v) is 5.98. The molecule has 0 unspecified atom stereocenters. The molecule has 3 aromatic rings. The number of benzene rings is 1. The predicted octanol–water partition coefficient (Wildman–Crippen LogP) is 5.22. The number of halogens is 3. The highest BCUT2D eigenvalue weighted by atomic mass is 19.4. The molecule has 1 aliphatic heterocycles. The zero-order valence-electron chi connectivity index (χ0n) is 18.9. The number of amides is 2. The van der Waals surface area contributed by atoms with Crippen LogP contribution in [0.2, 0.25) is 0 Å². The van der Waals surface area contributed by atoms with Crippen LogP contribution >= 0.6 is 0 Å². The minimum absolute atomic E-state index is 0.0357. The van der Waals surface area contributed by atoms with Crippen molar-refractivity contribution in [2.45, 2.75) is 32.5 Å². The van der Waals surface area contributed by atoms with Crippen molar-refractivity contribution in [3.05, 3.63) is 53.9 Å². The standard InChI is InChI=1S/C24H26F3N5O2/c1-15-9-12-32(13-10-15)21-16(6-7-20(31-21)24(25,26)27)14-29-23(33)30-19-5-3-4-18-17(19)8-11-28-22(18)34-2/h3-8,11,15H,9-10,12-14H2,1-2H3,(H2,29,30,33). The second-order valence-electron chi connectivity index (χ2n) is 8.38. The number of anilines is 2. The molecule has 0 bridgehead atoms. The highest BCUT2D eigenvalue weighted by Gasteiger charge is 2.34. The van der Waals surface area contributed by atoms with E-state index < -0.39 is 17.9 Å². The van der Waals surface area contributed by atoms with Gasteiger partial charge in [0, 0.05) is 42.2 Å². The smallest absolute Gasteiger partial charge is 0.433 e. The molecule has 3 heterocycles. The fourth-order valence-electron chi connectivity index (χ4n) is 4.06. The lowest BCUT2D eigenvalue weighted by Gasteiger charge is -2.33. The average molecular weight is 473 g/mol. The molecule has 1 fully saturated rings. The summed E-state index contributed by atoms with van der Waals surface area (Å²) in [6, 6.07) is 8.99. The van der Waals surface area contributed by atoms with E-state index in [-0.39, 0.29) is 12.4 Å². The van der Waals surface area contributed by atoms with Gasteiger partial charge < -0.3 is 20.3 Å². The van der Waals surface area contributed by atoms with Gasteiger partial charge in [0.05, 0.1) is 12.8 Å². The Balaban J connectivity index is 1.52. The number of piperidine rings is 1. The molecule has 4 rings (SSSR count). The molecule has 0 radical (unpaired) electrons. The SMILES string of the molecule is COc1nccc2c(NC(=O)NCc3ccc(C(F)(F)F)nc3N3CCC(C)CC3)cccc12. The van der Waals surface area contributed by atoms with E-state index in [1.807, 2.05) is 11.0 Å². The highest BCUT2D eigenvalue weighted by molar-refractivity contribution is 6.03. The van der Waals surface area contributed by atoms with Crippen molar-refractivity contribution in [3.63, 3.8) is 0 Å². The average Bonchev–Trinajstić information content (AvgIpc) is 2.82. The van der Waals surface area contributed by atoms with Gasteiger partial charge in [0.25, 0.3) is 0 Å². The first-order valence-electron chi connectivity index (χ1n) is 11.0. The van der Waals surface area contributed by atoms with Crippen LogP contribution in [0.4, 0.5) is 29.5 Å². The zero-order chi connectivity index (χ0) is 24.3. The monoisotopic (exact) mass is 473 g/mol. The number of pyridine rings is 2. The lowest BCUT2D eigenvalue weighted by atomic mass is 9.99. The van der Waals surface area contributed by atoms with E-state index in [0.29, 0.717) is 36.1 Å². The number of ether oxygens (including phenoxy) is 1. The Labute approximate surface area is 195 Å². The van der Waals surface area contributed by atoms with E-state index >= 15 is 0 Å². The molecule has 2 N–H and O–H groups in total. The minimum Gasteiger partial charge on any atom is -0.481 e. The van der Waals surface area contributed by atoms with Crippen LogP contribution in [-0.2, 0) is 12.7 Å². The summed E-state index contributed by atoms with van der Waals surface area (Å²) in [5.41, 5.74) is 0.153. The van der Waals surface area contributed by atoms with Crippen molar-refractivity contribution in [1.82, 2.24) is 15.3 Å². The molecule has 0 aliphatic carbocycles. The third kappa shape index (κ3) is 5.16. The molecule has 34 heavy (non-hydrogen) atoms. The van der Waals surface area contributed by atoms with Crippen molar-refractivity contribution in [2.75, 3.05) is 30.4 Å². The molecule has 0 saturated carbocycles. The van der Waals surface area contributed by atoms with Gasteiger partial charge in [-0.05, 0) is 43.0 Å². The van der Waals surface area contributed by atoms with E-state index in [1.54, 1.807) is 24.4 Å². The van der Waals surface area contributed by atoms with Crippen LogP contribution in [-0.4, -0.2) is 36.2 Å². The maximum absolute atomic E-state index is 13.3. The van der Waals surface area contributed by atoms with Crippen molar-refractivity contribution in [1.29, 1.82) is 0 Å². The van der Waals surface area contributed by atoms with Crippen LogP contribution in [0.1, 0.15) is 31.0 Å². The van der Waals surface area contributed by atoms with Crippen molar-refractivity contribution < 1.29 is 22.7 Å². The number of rotatable bonds is 5. The Kier molecular flexibility index (Phi) is 6.76. The lowest BCUT2D eigenvalue weighted by molar-refractivity contribution is -0.141. The third-order valence-electron chi connectivity index (χ3n) is 5.98. The van der Waals surface area contributed by atoms with Gasteiger partial charge in [0.15, 0.2) is 0 Å². The topological polar surface area (TPSA) is 79.4 Å². The predicted molar refractivity (Wildman–Crippen MR) is 124 cm³/mol. The molecular formula is C24H26F3N5O2. The van der Waals surface area contributed by atoms with Gasteiger partial charge >= 0.3 is 12.2 Å². The first-order chi connectivity index (χ1) is 16.3. The van der Waals surface area contributed by atoms with Gasteiger partial charge in [0.1, 0.15) is 11.5 Å². The van der Waals surface area contributed by atoms with Gasteiger partial charge in [-0.3, -0.25) is 0 Å². The number of fused-ring (bicyclic) bond motifs is 1. The molecule has 7 nitrogen and oxygen atoms in total. The second kappa shape index (κ2) is 9.74. The Bertz CT molecular complexity index is 1180. The van der Waals surface area contributed by atoms with Gasteiger partial charge in [0.2, 0.25) is 5.88 Å². The Hall–Kier alpha value is -3.56. The number of aromatic nitrogens is 2. The number of hydrogen-bond donors (Lipinski definition) is 2. The van der Waals surface area contributed by atoms with Crippen LogP contribution in [0.25, 0.3) is 10.8 Å². The number of hydrogen-bond acceptors (Lipinski definition) is 5. The van der Waals surface area contributed by atoms with Crippen LogP contribution in [0.5, 0.6) is 5.88 Å². The second-order valence-corrected chi connectivity index (χ2v) is 8.38.